The second kappa shape index (κ2) is 43.2. The number of hydrogen-bond donors (Lipinski definition) is 2. The zero-order valence-corrected chi connectivity index (χ0v) is 81.3. The van der Waals surface area contributed by atoms with Gasteiger partial charge in [-0.3, -0.25) is 4.90 Å². The molecule has 17 heteroatoms. The molecule has 4 aliphatic carbocycles. The number of nitrogens with one attached hydrogen (secondary N) is 2. The molecule has 2 N–H and O–H groups in total. The van der Waals surface area contributed by atoms with Gasteiger partial charge in [0.2, 0.25) is 0 Å². The van der Waals surface area contributed by atoms with E-state index in [1.165, 1.54) is 80.4 Å². The Labute approximate surface area is 778 Å². The van der Waals surface area contributed by atoms with Crippen LogP contribution in [-0.2, 0) is 89.3 Å². The number of rotatable bonds is 48. The fraction of sp³-hybridized carbons (Fsp3) is 0.514. The minimum atomic E-state index is -0.356. The lowest BCUT2D eigenvalue weighted by atomic mass is 9.85. The van der Waals surface area contributed by atoms with Gasteiger partial charge in [0.15, 0.2) is 0 Å². The number of unbranched alkanes of at least 4 members (excludes halogenated alkanes) is 8. The molecule has 7 aromatic heterocycles. The molecule has 1 atom stereocenters. The van der Waals surface area contributed by atoms with Crippen LogP contribution in [0.1, 0.15) is 249 Å². The maximum atomic E-state index is 7.11. The first kappa shape index (κ1) is 92.5. The standard InChI is InChI=1S/C111H139N5O8S4/c1-10-18-52-117-68-108(69-118-53-19-11-2)60-79-81(62-108)102(125-100(79)95-42-35-51-116(95)9)104-83-64-110(72-121-56-22-14-5,73-122-57-23-15-6)66-85(83)106(127-104)107-86-67-111(74-123-58-24-16-7,75-124-59-25-17-8)65-84(86)105(128-107)103-82-63-109(70-119-54-20-12-3,71-120-55-21-13-4)61-80(82)101(126-103)99-93-49-47-91(114-93)97(77-38-31-27-32-39-77)89-45-43-87(112-89)96(76-36-29-26-30-37-76)88-44-46-90(113-88)98(78-40-33-28-34-41-78)92-48-50-94(99)115-92/h26-34,36-41,43-50,95,112,115H,10-25,35,42,51-75H2,1-9H3. The lowest BCUT2D eigenvalue weighted by Gasteiger charge is -2.30. The van der Waals surface area contributed by atoms with Crippen LogP contribution in [0.25, 0.3) is 119 Å². The fourth-order valence-electron chi connectivity index (χ4n) is 21.0. The summed E-state index contributed by atoms with van der Waals surface area (Å²) in [6.07, 6.45) is 35.4. The minimum Gasteiger partial charge on any atom is -0.381 e. The van der Waals surface area contributed by atoms with E-state index in [0.717, 1.165) is 284 Å². The Kier molecular flexibility index (Phi) is 31.2. The van der Waals surface area contributed by atoms with Gasteiger partial charge in [-0.15, -0.1) is 45.3 Å². The number of thiophene rings is 4. The highest BCUT2D eigenvalue weighted by atomic mass is 32.1. The number of aromatic amines is 2. The number of benzene rings is 3. The Morgan fingerprint density at radius 1 is 0.305 bits per heavy atom. The second-order valence-electron chi connectivity index (χ2n) is 38.3. The molecule has 13 nitrogen and oxygen atoms in total. The second-order valence-corrected chi connectivity index (χ2v) is 42.4. The predicted molar refractivity (Wildman–Crippen MR) is 538 cm³/mol. The quantitative estimate of drug-likeness (QED) is 0.0353. The van der Waals surface area contributed by atoms with Crippen molar-refractivity contribution >= 4 is 91.7 Å². The Bertz CT molecular complexity index is 5540. The highest BCUT2D eigenvalue weighted by Gasteiger charge is 2.51. The van der Waals surface area contributed by atoms with Gasteiger partial charge in [0, 0.05) is 164 Å². The molecular formula is C111H139N5O8S4. The molecule has 0 radical (unpaired) electrons. The molecule has 3 aromatic carbocycles. The first-order valence-electron chi connectivity index (χ1n) is 49.1. The highest BCUT2D eigenvalue weighted by molar-refractivity contribution is 7.29. The molecule has 10 heterocycles. The number of aromatic nitrogens is 4. The molecule has 10 aromatic rings. The minimum absolute atomic E-state index is 0.161. The average molecular weight is 1800 g/mol. The van der Waals surface area contributed by atoms with Crippen molar-refractivity contribution in [1.82, 2.24) is 24.8 Å². The maximum Gasteiger partial charge on any atom is 0.0745 e. The molecule has 7 aliphatic rings. The van der Waals surface area contributed by atoms with E-state index in [1.54, 1.807) is 16.0 Å². The third kappa shape index (κ3) is 20.0. The maximum absolute atomic E-state index is 7.11. The van der Waals surface area contributed by atoms with Crippen LogP contribution in [0.5, 0.6) is 0 Å². The van der Waals surface area contributed by atoms with Crippen molar-refractivity contribution in [2.24, 2.45) is 21.7 Å². The summed E-state index contributed by atoms with van der Waals surface area (Å²) in [6, 6.07) is 42.0. The van der Waals surface area contributed by atoms with E-state index in [2.05, 4.69) is 251 Å². The molecule has 0 amide bonds. The van der Waals surface area contributed by atoms with Crippen LogP contribution in [0.3, 0.4) is 0 Å². The van der Waals surface area contributed by atoms with Gasteiger partial charge in [-0.05, 0) is 239 Å². The van der Waals surface area contributed by atoms with E-state index in [-0.39, 0.29) is 21.7 Å². The topological polar surface area (TPSA) is 134 Å². The number of H-pyrrole nitrogens is 2. The van der Waals surface area contributed by atoms with Gasteiger partial charge >= 0.3 is 0 Å². The molecule has 128 heavy (non-hydrogen) atoms. The lowest BCUT2D eigenvalue weighted by Crippen LogP contribution is -2.34. The largest absolute Gasteiger partial charge is 0.381 e. The molecule has 3 aliphatic heterocycles. The predicted octanol–water partition coefficient (Wildman–Crippen LogP) is 28.2. The van der Waals surface area contributed by atoms with Crippen LogP contribution < -0.4 is 0 Å². The fourth-order valence-corrected chi connectivity index (χ4v) is 27.2. The average Bonchev–Trinajstić information content (AvgIpc) is 1.54. The van der Waals surface area contributed by atoms with Crippen molar-refractivity contribution in [3.8, 4) is 73.1 Å². The van der Waals surface area contributed by atoms with E-state index in [1.807, 2.05) is 11.3 Å². The molecule has 0 saturated carbocycles. The summed E-state index contributed by atoms with van der Waals surface area (Å²) in [7, 11) is 2.39. The third-order valence-corrected chi connectivity index (χ3v) is 33.6. The first-order chi connectivity index (χ1) is 62.9. The summed E-state index contributed by atoms with van der Waals surface area (Å²) in [6.45, 7) is 30.5. The SMILES string of the molecule is CCCCOCC1(COCCCC)Cc2c(-c3sc(-c4sc(C5CCCN5C)c5c4CC(COCCCC)(COCCCC)C5)c4c3CC(COCCCC)(COCCCC)C4)sc(-c3sc(-c4c5nc(c(-c6ccccc6)c6ccc([nH]6)c(-c6ccccc6)c6nc(c(-c7ccccc7)c7ccc4[nH]7)C=C6)C=C5)c4c3CC(COCCCC)(COCCCC)C4)c2C1. The molecule has 8 bridgehead atoms. The van der Waals surface area contributed by atoms with Crippen LogP contribution in [0.2, 0.25) is 0 Å². The normalized spacial score (nSPS) is 16.8. The van der Waals surface area contributed by atoms with Crippen LogP contribution in [0, 0.1) is 21.7 Å². The van der Waals surface area contributed by atoms with Crippen molar-refractivity contribution in [3.05, 3.63) is 187 Å². The lowest BCUT2D eigenvalue weighted by molar-refractivity contribution is -0.0189. The summed E-state index contributed by atoms with van der Waals surface area (Å²) in [5.74, 6) is 0. The van der Waals surface area contributed by atoms with Gasteiger partial charge in [-0.2, -0.15) is 0 Å². The van der Waals surface area contributed by atoms with Crippen LogP contribution >= 0.6 is 45.3 Å². The summed E-state index contributed by atoms with van der Waals surface area (Å²) in [4.78, 5) is 34.1. The van der Waals surface area contributed by atoms with Crippen LogP contribution in [0.4, 0.5) is 0 Å². The Morgan fingerprint density at radius 2 is 0.547 bits per heavy atom. The Balaban J connectivity index is 0.937. The van der Waals surface area contributed by atoms with E-state index >= 15 is 0 Å². The highest BCUT2D eigenvalue weighted by Crippen LogP contribution is 2.64. The smallest absolute Gasteiger partial charge is 0.0745 e. The van der Waals surface area contributed by atoms with Crippen LogP contribution in [0.15, 0.2) is 115 Å². The van der Waals surface area contributed by atoms with Gasteiger partial charge in [0.05, 0.1) is 75.6 Å². The summed E-state index contributed by atoms with van der Waals surface area (Å²) in [5, 5.41) is 0. The summed E-state index contributed by atoms with van der Waals surface area (Å²) < 4.78 is 56.3. The van der Waals surface area contributed by atoms with Crippen molar-refractivity contribution in [2.45, 2.75) is 228 Å². The molecule has 1 saturated heterocycles. The zero-order valence-electron chi connectivity index (χ0n) is 78.0. The van der Waals surface area contributed by atoms with E-state index in [9.17, 15) is 0 Å². The van der Waals surface area contributed by atoms with Crippen molar-refractivity contribution in [3.63, 3.8) is 0 Å². The summed E-state index contributed by atoms with van der Waals surface area (Å²) in [5.41, 5.74) is 25.8. The zero-order chi connectivity index (χ0) is 88.0. The summed E-state index contributed by atoms with van der Waals surface area (Å²) >= 11 is 8.40. The Hall–Kier alpha value is -7.30. The molecule has 17 rings (SSSR count). The van der Waals surface area contributed by atoms with Crippen molar-refractivity contribution in [1.29, 1.82) is 0 Å². The monoisotopic (exact) mass is 1800 g/mol. The van der Waals surface area contributed by atoms with Crippen molar-refractivity contribution < 1.29 is 37.9 Å². The number of hydrogen-bond acceptors (Lipinski definition) is 15. The van der Waals surface area contributed by atoms with E-state index in [4.69, 9.17) is 47.9 Å². The van der Waals surface area contributed by atoms with Gasteiger partial charge in [-0.1, -0.05) is 198 Å². The Morgan fingerprint density at radius 3 is 0.820 bits per heavy atom. The number of nitrogens with zero attached hydrogens (tertiary/aromatic N) is 3. The molecule has 0 spiro atoms. The van der Waals surface area contributed by atoms with Gasteiger partial charge in [0.25, 0.3) is 0 Å². The molecule has 1 unspecified atom stereocenters. The first-order valence-corrected chi connectivity index (χ1v) is 52.4. The number of likely N-dealkylation sites (tertiary alicyclic amines) is 1. The molecular weight excluding hydrogens is 1660 g/mol. The third-order valence-electron chi connectivity index (χ3n) is 27.9. The van der Waals surface area contributed by atoms with Crippen molar-refractivity contribution in [2.75, 3.05) is 119 Å². The molecule has 680 valence electrons. The van der Waals surface area contributed by atoms with E-state index < -0.39 is 0 Å². The van der Waals surface area contributed by atoms with E-state index in [0.29, 0.717) is 72.1 Å². The van der Waals surface area contributed by atoms with Gasteiger partial charge in [-0.25, -0.2) is 9.97 Å². The van der Waals surface area contributed by atoms with Crippen LogP contribution in [-0.4, -0.2) is 144 Å². The molecule has 1 fully saturated rings. The number of ether oxygens (including phenoxy) is 8. The van der Waals surface area contributed by atoms with Gasteiger partial charge in [0.1, 0.15) is 0 Å². The van der Waals surface area contributed by atoms with Gasteiger partial charge < -0.3 is 47.9 Å². The number of fused-ring (bicyclic) bond motifs is 12.